The molecule has 19 heavy (non-hydrogen) atoms. The predicted octanol–water partition coefficient (Wildman–Crippen LogP) is 4.21. The molecular weight excluding hydrogens is 350 g/mol. The van der Waals surface area contributed by atoms with Gasteiger partial charge in [-0.15, -0.1) is 0 Å². The maximum atomic E-state index is 12.2. The third-order valence-corrected chi connectivity index (χ3v) is 4.63. The lowest BCUT2D eigenvalue weighted by molar-refractivity contribution is 0.601. The maximum Gasteiger partial charge on any atom is 0.261 e. The van der Waals surface area contributed by atoms with Crippen molar-refractivity contribution in [1.82, 2.24) is 0 Å². The highest BCUT2D eigenvalue weighted by Gasteiger charge is 2.15. The Morgan fingerprint density at radius 2 is 1.89 bits per heavy atom. The van der Waals surface area contributed by atoms with E-state index in [1.54, 1.807) is 24.3 Å². The minimum absolute atomic E-state index is 0.141. The Balaban J connectivity index is 2.36. The van der Waals surface area contributed by atoms with Gasteiger partial charge in [-0.3, -0.25) is 4.72 Å². The van der Waals surface area contributed by atoms with Gasteiger partial charge >= 0.3 is 0 Å². The van der Waals surface area contributed by atoms with Gasteiger partial charge in [0.05, 0.1) is 10.6 Å². The van der Waals surface area contributed by atoms with Gasteiger partial charge in [0, 0.05) is 9.50 Å². The number of halogens is 2. The molecule has 0 aromatic heterocycles. The monoisotopic (exact) mass is 359 g/mol. The molecule has 2 aromatic rings. The Morgan fingerprint density at radius 3 is 2.53 bits per heavy atom. The largest absolute Gasteiger partial charge is 0.279 e. The Kier molecular flexibility index (Phi) is 4.18. The van der Waals surface area contributed by atoms with Crippen molar-refractivity contribution in [3.8, 4) is 0 Å². The predicted molar refractivity (Wildman–Crippen MR) is 81.1 cm³/mol. The van der Waals surface area contributed by atoms with Crippen LogP contribution in [0.15, 0.2) is 51.8 Å². The summed E-state index contributed by atoms with van der Waals surface area (Å²) in [6.45, 7) is 1.83. The molecule has 0 unspecified atom stereocenters. The lowest BCUT2D eigenvalue weighted by Crippen LogP contribution is -2.13. The molecule has 1 N–H and O–H groups in total. The summed E-state index contributed by atoms with van der Waals surface area (Å²) in [6.07, 6.45) is 0. The van der Waals surface area contributed by atoms with Crippen molar-refractivity contribution in [3.05, 3.63) is 57.5 Å². The average molecular weight is 361 g/mol. The smallest absolute Gasteiger partial charge is 0.261 e. The molecule has 2 aromatic carbocycles. The molecule has 0 saturated heterocycles. The maximum absolute atomic E-state index is 12.2. The van der Waals surface area contributed by atoms with Gasteiger partial charge in [0.15, 0.2) is 0 Å². The van der Waals surface area contributed by atoms with E-state index >= 15 is 0 Å². The topological polar surface area (TPSA) is 46.2 Å². The zero-order valence-electron chi connectivity index (χ0n) is 10.0. The SMILES string of the molecule is Cc1cc(Br)ccc1NS(=O)(=O)c1cccc(Cl)c1. The molecule has 0 fully saturated rings. The van der Waals surface area contributed by atoms with Gasteiger partial charge in [0.1, 0.15) is 0 Å². The van der Waals surface area contributed by atoms with Gasteiger partial charge in [-0.05, 0) is 48.9 Å². The first kappa shape index (κ1) is 14.4. The van der Waals surface area contributed by atoms with E-state index in [0.717, 1.165) is 10.0 Å². The summed E-state index contributed by atoms with van der Waals surface area (Å²) >= 11 is 9.14. The van der Waals surface area contributed by atoms with Crippen LogP contribution in [0, 0.1) is 6.92 Å². The van der Waals surface area contributed by atoms with E-state index in [4.69, 9.17) is 11.6 Å². The Morgan fingerprint density at radius 1 is 1.16 bits per heavy atom. The molecule has 0 atom stereocenters. The van der Waals surface area contributed by atoms with Crippen molar-refractivity contribution in [1.29, 1.82) is 0 Å². The van der Waals surface area contributed by atoms with Crippen LogP contribution in [0.5, 0.6) is 0 Å². The number of rotatable bonds is 3. The van der Waals surface area contributed by atoms with E-state index in [0.29, 0.717) is 10.7 Å². The first-order chi connectivity index (χ1) is 8.88. The second-order valence-electron chi connectivity index (χ2n) is 4.02. The third-order valence-electron chi connectivity index (χ3n) is 2.54. The van der Waals surface area contributed by atoms with Crippen molar-refractivity contribution in [3.63, 3.8) is 0 Å². The van der Waals surface area contributed by atoms with Gasteiger partial charge in [-0.1, -0.05) is 33.6 Å². The quantitative estimate of drug-likeness (QED) is 0.891. The molecule has 0 bridgehead atoms. The third kappa shape index (κ3) is 3.49. The molecule has 0 spiro atoms. The molecule has 100 valence electrons. The summed E-state index contributed by atoms with van der Waals surface area (Å²) in [5.74, 6) is 0. The summed E-state index contributed by atoms with van der Waals surface area (Å²) in [5.41, 5.74) is 1.38. The molecule has 0 aliphatic rings. The molecule has 6 heteroatoms. The Labute approximate surface area is 125 Å². The van der Waals surface area contributed by atoms with Crippen molar-refractivity contribution in [2.24, 2.45) is 0 Å². The van der Waals surface area contributed by atoms with E-state index in [-0.39, 0.29) is 4.90 Å². The van der Waals surface area contributed by atoms with Crippen molar-refractivity contribution < 1.29 is 8.42 Å². The molecule has 3 nitrogen and oxygen atoms in total. The summed E-state index contributed by atoms with van der Waals surface area (Å²) < 4.78 is 27.9. The number of nitrogens with one attached hydrogen (secondary N) is 1. The first-order valence-electron chi connectivity index (χ1n) is 5.43. The fourth-order valence-corrected chi connectivity index (χ4v) is 3.49. The summed E-state index contributed by atoms with van der Waals surface area (Å²) in [6, 6.07) is 11.5. The fourth-order valence-electron chi connectivity index (χ4n) is 1.58. The molecular formula is C13H11BrClNO2S. The van der Waals surface area contributed by atoms with Crippen LogP contribution in [-0.4, -0.2) is 8.42 Å². The van der Waals surface area contributed by atoms with Crippen LogP contribution in [0.3, 0.4) is 0 Å². The number of sulfonamides is 1. The van der Waals surface area contributed by atoms with E-state index in [1.165, 1.54) is 12.1 Å². The highest BCUT2D eigenvalue weighted by molar-refractivity contribution is 9.10. The van der Waals surface area contributed by atoms with E-state index in [1.807, 2.05) is 13.0 Å². The van der Waals surface area contributed by atoms with Gasteiger partial charge in [-0.2, -0.15) is 0 Å². The van der Waals surface area contributed by atoms with Crippen LogP contribution in [0.25, 0.3) is 0 Å². The number of hydrogen-bond acceptors (Lipinski definition) is 2. The number of hydrogen-bond donors (Lipinski definition) is 1. The second kappa shape index (κ2) is 5.53. The fraction of sp³-hybridized carbons (Fsp3) is 0.0769. The zero-order valence-corrected chi connectivity index (χ0v) is 13.2. The van der Waals surface area contributed by atoms with Gasteiger partial charge in [-0.25, -0.2) is 8.42 Å². The van der Waals surface area contributed by atoms with Crippen LogP contribution in [-0.2, 0) is 10.0 Å². The van der Waals surface area contributed by atoms with E-state index in [9.17, 15) is 8.42 Å². The molecule has 0 aliphatic heterocycles. The number of benzene rings is 2. The number of aryl methyl sites for hydroxylation is 1. The molecule has 0 saturated carbocycles. The Hall–Kier alpha value is -1.04. The van der Waals surface area contributed by atoms with Crippen LogP contribution in [0.2, 0.25) is 5.02 Å². The van der Waals surface area contributed by atoms with Crippen LogP contribution < -0.4 is 4.72 Å². The molecule has 0 aliphatic carbocycles. The zero-order chi connectivity index (χ0) is 14.0. The number of anilines is 1. The summed E-state index contributed by atoms with van der Waals surface area (Å²) in [5, 5.41) is 0.385. The molecule has 0 heterocycles. The van der Waals surface area contributed by atoms with Crippen molar-refractivity contribution >= 4 is 43.2 Å². The first-order valence-corrected chi connectivity index (χ1v) is 8.08. The second-order valence-corrected chi connectivity index (χ2v) is 7.06. The van der Waals surface area contributed by atoms with Crippen LogP contribution >= 0.6 is 27.5 Å². The van der Waals surface area contributed by atoms with Crippen LogP contribution in [0.1, 0.15) is 5.56 Å². The summed E-state index contributed by atoms with van der Waals surface area (Å²) in [4.78, 5) is 0.141. The van der Waals surface area contributed by atoms with Gasteiger partial charge in [0.2, 0.25) is 0 Å². The van der Waals surface area contributed by atoms with Gasteiger partial charge in [0.25, 0.3) is 10.0 Å². The standard InChI is InChI=1S/C13H11BrClNO2S/c1-9-7-10(14)5-6-13(9)16-19(17,18)12-4-2-3-11(15)8-12/h2-8,16H,1H3. The molecule has 2 rings (SSSR count). The van der Waals surface area contributed by atoms with E-state index < -0.39 is 10.0 Å². The molecule has 0 radical (unpaired) electrons. The lowest BCUT2D eigenvalue weighted by Gasteiger charge is -2.11. The summed E-state index contributed by atoms with van der Waals surface area (Å²) in [7, 11) is -3.62. The highest BCUT2D eigenvalue weighted by atomic mass is 79.9. The highest BCUT2D eigenvalue weighted by Crippen LogP contribution is 2.24. The normalized spacial score (nSPS) is 11.3. The average Bonchev–Trinajstić information content (AvgIpc) is 2.33. The van der Waals surface area contributed by atoms with Crippen LogP contribution in [0.4, 0.5) is 5.69 Å². The van der Waals surface area contributed by atoms with Crippen molar-refractivity contribution in [2.45, 2.75) is 11.8 Å². The minimum Gasteiger partial charge on any atom is -0.279 e. The van der Waals surface area contributed by atoms with Crippen molar-refractivity contribution in [2.75, 3.05) is 4.72 Å². The lowest BCUT2D eigenvalue weighted by atomic mass is 10.2. The molecule has 0 amide bonds. The van der Waals surface area contributed by atoms with Gasteiger partial charge < -0.3 is 0 Å². The minimum atomic E-state index is -3.62. The van der Waals surface area contributed by atoms with E-state index in [2.05, 4.69) is 20.7 Å². The Bertz CT molecular complexity index is 716.